The number of carbonyl (C=O) groups is 4. The molecule has 206 valence electrons. The Morgan fingerprint density at radius 1 is 0.833 bits per heavy atom. The third-order valence-corrected chi connectivity index (χ3v) is 7.51. The zero-order valence-electron chi connectivity index (χ0n) is 22.6. The second-order valence-corrected chi connectivity index (χ2v) is 10.4. The van der Waals surface area contributed by atoms with E-state index in [0.29, 0.717) is 49.6 Å². The van der Waals surface area contributed by atoms with Gasteiger partial charge in [-0.15, -0.1) is 0 Å². The van der Waals surface area contributed by atoms with Gasteiger partial charge in [0.15, 0.2) is 6.10 Å². The Kier molecular flexibility index (Phi) is 6.88. The number of hydrogen-bond acceptors (Lipinski definition) is 6. The van der Waals surface area contributed by atoms with Gasteiger partial charge in [0, 0.05) is 21.5 Å². The van der Waals surface area contributed by atoms with E-state index in [1.807, 2.05) is 19.1 Å². The topological polar surface area (TPSA) is 93.6 Å². The second-order valence-electron chi connectivity index (χ2n) is 9.98. The van der Waals surface area contributed by atoms with Crippen molar-refractivity contribution in [1.82, 2.24) is 4.98 Å². The van der Waals surface area contributed by atoms with Crippen LogP contribution in [0, 0.1) is 6.92 Å². The normalized spacial score (nSPS) is 13.3. The molecule has 1 aromatic heterocycles. The number of hydrogen-bond donors (Lipinski definition) is 0. The zero-order chi connectivity index (χ0) is 29.5. The van der Waals surface area contributed by atoms with Crippen molar-refractivity contribution in [3.8, 4) is 11.3 Å². The molecule has 0 saturated carbocycles. The van der Waals surface area contributed by atoms with Gasteiger partial charge in [-0.3, -0.25) is 14.4 Å². The van der Waals surface area contributed by atoms with Crippen molar-refractivity contribution < 1.29 is 23.9 Å². The Labute approximate surface area is 246 Å². The van der Waals surface area contributed by atoms with E-state index in [-0.39, 0.29) is 23.2 Å². The first kappa shape index (κ1) is 27.1. The minimum Gasteiger partial charge on any atom is -0.451 e. The molecule has 4 aromatic carbocycles. The number of carbonyl (C=O) groups excluding carboxylic acids is 4. The number of nitrogens with zero attached hydrogens (tertiary/aromatic N) is 2. The number of anilines is 1. The molecule has 8 heteroatoms. The summed E-state index contributed by atoms with van der Waals surface area (Å²) in [5, 5.41) is 1.09. The maximum atomic E-state index is 13.5. The molecule has 0 N–H and O–H groups in total. The number of amides is 2. The average Bonchev–Trinajstić information content (AvgIpc) is 3.26. The highest BCUT2D eigenvalue weighted by atomic mass is 35.5. The van der Waals surface area contributed by atoms with Crippen LogP contribution in [0.3, 0.4) is 0 Å². The second kappa shape index (κ2) is 10.7. The highest BCUT2D eigenvalue weighted by Gasteiger charge is 2.36. The molecule has 1 aliphatic rings. The van der Waals surface area contributed by atoms with Gasteiger partial charge in [0.2, 0.25) is 5.78 Å². The van der Waals surface area contributed by atoms with E-state index in [0.717, 1.165) is 10.5 Å². The molecule has 6 rings (SSSR count). The van der Waals surface area contributed by atoms with Crippen LogP contribution >= 0.6 is 11.6 Å². The first-order valence-electron chi connectivity index (χ1n) is 13.2. The molecule has 1 unspecified atom stereocenters. The summed E-state index contributed by atoms with van der Waals surface area (Å²) in [6, 6.07) is 27.1. The van der Waals surface area contributed by atoms with Crippen molar-refractivity contribution in [3.63, 3.8) is 0 Å². The van der Waals surface area contributed by atoms with Crippen LogP contribution in [0.4, 0.5) is 5.69 Å². The molecule has 0 bridgehead atoms. The molecule has 1 aliphatic heterocycles. The number of fused-ring (bicyclic) bond motifs is 2. The lowest BCUT2D eigenvalue weighted by Gasteiger charge is -2.16. The van der Waals surface area contributed by atoms with Gasteiger partial charge < -0.3 is 4.74 Å². The smallest absolute Gasteiger partial charge is 0.339 e. The minimum absolute atomic E-state index is 0.263. The van der Waals surface area contributed by atoms with Crippen molar-refractivity contribution >= 4 is 51.8 Å². The molecule has 0 spiro atoms. The molecule has 5 aromatic rings. The van der Waals surface area contributed by atoms with Gasteiger partial charge in [0.05, 0.1) is 33.6 Å². The maximum absolute atomic E-state index is 13.5. The highest BCUT2D eigenvalue weighted by Crippen LogP contribution is 2.32. The quantitative estimate of drug-likeness (QED) is 0.122. The summed E-state index contributed by atoms with van der Waals surface area (Å²) in [7, 11) is 0. The molecule has 2 heterocycles. The number of imide groups is 1. The number of rotatable bonds is 6. The lowest BCUT2D eigenvalue weighted by atomic mass is 10.0. The number of Topliss-reactive ketones (excluding diaryl/α,β-unsaturated/α-hetero) is 1. The number of esters is 1. The van der Waals surface area contributed by atoms with Gasteiger partial charge >= 0.3 is 5.97 Å². The van der Waals surface area contributed by atoms with Crippen LogP contribution in [-0.2, 0) is 4.74 Å². The van der Waals surface area contributed by atoms with Gasteiger partial charge in [0.25, 0.3) is 11.8 Å². The lowest BCUT2D eigenvalue weighted by molar-refractivity contribution is 0.0320. The molecule has 0 saturated heterocycles. The van der Waals surface area contributed by atoms with E-state index < -0.39 is 12.1 Å². The summed E-state index contributed by atoms with van der Waals surface area (Å²) in [4.78, 5) is 58.2. The van der Waals surface area contributed by atoms with Gasteiger partial charge in [-0.25, -0.2) is 14.7 Å². The predicted octanol–water partition coefficient (Wildman–Crippen LogP) is 7.09. The van der Waals surface area contributed by atoms with E-state index in [2.05, 4.69) is 0 Å². The Bertz CT molecular complexity index is 1880. The summed E-state index contributed by atoms with van der Waals surface area (Å²) in [5.41, 5.74) is 4.44. The third kappa shape index (κ3) is 4.74. The summed E-state index contributed by atoms with van der Waals surface area (Å²) in [6.07, 6.45) is -1.03. The zero-order valence-corrected chi connectivity index (χ0v) is 23.4. The number of benzene rings is 4. The minimum atomic E-state index is -1.03. The number of ketones is 1. The van der Waals surface area contributed by atoms with Crippen LogP contribution in [0.15, 0.2) is 97.1 Å². The predicted molar refractivity (Wildman–Crippen MR) is 160 cm³/mol. The summed E-state index contributed by atoms with van der Waals surface area (Å²) in [5.74, 6) is -1.77. The van der Waals surface area contributed by atoms with Gasteiger partial charge in [0.1, 0.15) is 0 Å². The van der Waals surface area contributed by atoms with Crippen LogP contribution in [0.2, 0.25) is 5.02 Å². The van der Waals surface area contributed by atoms with Crippen LogP contribution in [0.25, 0.3) is 22.2 Å². The molecule has 0 radical (unpaired) electrons. The molecular weight excluding hydrogens is 552 g/mol. The van der Waals surface area contributed by atoms with Crippen LogP contribution in [0.5, 0.6) is 0 Å². The van der Waals surface area contributed by atoms with Crippen LogP contribution in [-0.4, -0.2) is 34.7 Å². The summed E-state index contributed by atoms with van der Waals surface area (Å²) < 4.78 is 5.63. The van der Waals surface area contributed by atoms with E-state index in [1.165, 1.54) is 6.92 Å². The Hall–Kier alpha value is -5.14. The maximum Gasteiger partial charge on any atom is 0.339 e. The highest BCUT2D eigenvalue weighted by molar-refractivity contribution is 6.34. The van der Waals surface area contributed by atoms with Crippen molar-refractivity contribution in [3.05, 3.63) is 130 Å². The largest absolute Gasteiger partial charge is 0.451 e. The number of aryl methyl sites for hydroxylation is 1. The molecular formula is C34H23ClN2O5. The molecule has 0 fully saturated rings. The Morgan fingerprint density at radius 2 is 1.48 bits per heavy atom. The molecule has 1 atom stereocenters. The van der Waals surface area contributed by atoms with Crippen molar-refractivity contribution in [1.29, 1.82) is 0 Å². The standard InChI is InChI=1S/C34H23ClN2O5/c1-19-6-5-9-25-28(34(41)42-20(2)31(38)22-10-14-23(35)15-11-22)18-29(36-30(19)25)21-12-16-24(17-13-21)37-32(39)26-7-3-4-8-27(26)33(37)40/h3-18,20H,1-2H3. The first-order valence-corrected chi connectivity index (χ1v) is 13.6. The summed E-state index contributed by atoms with van der Waals surface area (Å²) >= 11 is 5.93. The van der Waals surface area contributed by atoms with E-state index >= 15 is 0 Å². The van der Waals surface area contributed by atoms with Crippen molar-refractivity contribution in [2.75, 3.05) is 4.90 Å². The fourth-order valence-corrected chi connectivity index (χ4v) is 5.17. The van der Waals surface area contributed by atoms with E-state index in [9.17, 15) is 19.2 Å². The first-order chi connectivity index (χ1) is 20.2. The Morgan fingerprint density at radius 3 is 2.12 bits per heavy atom. The molecule has 0 aliphatic carbocycles. The van der Waals surface area contributed by atoms with E-state index in [4.69, 9.17) is 21.3 Å². The fraction of sp³-hybridized carbons (Fsp3) is 0.0882. The molecule has 7 nitrogen and oxygen atoms in total. The summed E-state index contributed by atoms with van der Waals surface area (Å²) in [6.45, 7) is 3.43. The number of aromatic nitrogens is 1. The number of para-hydroxylation sites is 1. The molecule has 2 amide bonds. The van der Waals surface area contributed by atoms with Crippen molar-refractivity contribution in [2.24, 2.45) is 0 Å². The number of halogens is 1. The number of pyridine rings is 1. The third-order valence-electron chi connectivity index (χ3n) is 7.26. The van der Waals surface area contributed by atoms with Gasteiger partial charge in [-0.2, -0.15) is 0 Å². The number of ether oxygens (including phenoxy) is 1. The van der Waals surface area contributed by atoms with Gasteiger partial charge in [-0.1, -0.05) is 54.1 Å². The lowest BCUT2D eigenvalue weighted by Crippen LogP contribution is -2.29. The van der Waals surface area contributed by atoms with Gasteiger partial charge in [-0.05, 0) is 74.0 Å². The van der Waals surface area contributed by atoms with Crippen molar-refractivity contribution in [2.45, 2.75) is 20.0 Å². The van der Waals surface area contributed by atoms with Crippen LogP contribution in [0.1, 0.15) is 53.9 Å². The molecule has 42 heavy (non-hydrogen) atoms. The van der Waals surface area contributed by atoms with Crippen LogP contribution < -0.4 is 4.90 Å². The Balaban J connectivity index is 1.32. The fourth-order valence-electron chi connectivity index (χ4n) is 5.04. The SMILES string of the molecule is Cc1cccc2c(C(=O)OC(C)C(=O)c3ccc(Cl)cc3)cc(-c3ccc(N4C(=O)c5ccccc5C4=O)cc3)nc12. The average molecular weight is 575 g/mol. The monoisotopic (exact) mass is 574 g/mol. The van der Waals surface area contributed by atoms with E-state index in [1.54, 1.807) is 84.9 Å².